The van der Waals surface area contributed by atoms with E-state index in [1.165, 1.54) is 11.3 Å². The molecule has 1 N–H and O–H groups in total. The van der Waals surface area contributed by atoms with Gasteiger partial charge in [-0.2, -0.15) is 11.3 Å². The number of anilines is 3. The fourth-order valence-electron chi connectivity index (χ4n) is 2.78. The largest absolute Gasteiger partial charge is 0.452 e. The fourth-order valence-corrected chi connectivity index (χ4v) is 3.41. The molecule has 0 unspecified atom stereocenters. The molecule has 2 aromatic carbocycles. The van der Waals surface area contributed by atoms with Gasteiger partial charge in [0, 0.05) is 28.5 Å². The van der Waals surface area contributed by atoms with Crippen LogP contribution in [0, 0.1) is 0 Å². The van der Waals surface area contributed by atoms with E-state index in [1.54, 1.807) is 21.7 Å². The van der Waals surface area contributed by atoms with Gasteiger partial charge in [-0.05, 0) is 61.7 Å². The number of amides is 1. The van der Waals surface area contributed by atoms with E-state index in [1.807, 2.05) is 68.4 Å². The van der Waals surface area contributed by atoms with Gasteiger partial charge in [-0.3, -0.25) is 4.79 Å². The molecule has 0 saturated carbocycles. The van der Waals surface area contributed by atoms with Crippen LogP contribution in [0.25, 0.3) is 0 Å². The van der Waals surface area contributed by atoms with Crippen LogP contribution in [0.2, 0.25) is 0 Å². The van der Waals surface area contributed by atoms with Crippen LogP contribution in [-0.4, -0.2) is 24.5 Å². The maximum atomic E-state index is 12.7. The molecule has 6 heteroatoms. The maximum absolute atomic E-state index is 12.7. The summed E-state index contributed by atoms with van der Waals surface area (Å²) in [6.07, 6.45) is 0. The van der Waals surface area contributed by atoms with Crippen molar-refractivity contribution in [3.05, 3.63) is 77.0 Å². The van der Waals surface area contributed by atoms with Crippen LogP contribution in [0.4, 0.5) is 17.1 Å². The first-order valence-corrected chi connectivity index (χ1v) is 9.92. The number of benzene rings is 2. The van der Waals surface area contributed by atoms with Crippen molar-refractivity contribution in [3.8, 4) is 0 Å². The van der Waals surface area contributed by atoms with E-state index in [2.05, 4.69) is 5.32 Å². The summed E-state index contributed by atoms with van der Waals surface area (Å²) in [6, 6.07) is 19.1. The summed E-state index contributed by atoms with van der Waals surface area (Å²) < 4.78 is 5.17. The van der Waals surface area contributed by atoms with E-state index in [9.17, 15) is 9.59 Å². The molecule has 0 aliphatic rings. The van der Waals surface area contributed by atoms with Crippen LogP contribution in [0.15, 0.2) is 71.4 Å². The number of hydrogen-bond donors (Lipinski definition) is 1. The normalized spacial score (nSPS) is 10.5. The SMILES string of the molecule is CC(C)N(C(=O)COC(=O)c1ccsc1)c1ccc(Nc2ccccc2)cc1. The van der Waals surface area contributed by atoms with Gasteiger partial charge in [0.05, 0.1) is 5.56 Å². The molecule has 0 atom stereocenters. The van der Waals surface area contributed by atoms with Crippen LogP contribution >= 0.6 is 11.3 Å². The minimum absolute atomic E-state index is 0.0692. The van der Waals surface area contributed by atoms with Crippen LogP contribution in [0.1, 0.15) is 24.2 Å². The van der Waals surface area contributed by atoms with Gasteiger partial charge < -0.3 is 15.0 Å². The third kappa shape index (κ3) is 4.98. The zero-order valence-corrected chi connectivity index (χ0v) is 16.6. The lowest BCUT2D eigenvalue weighted by Crippen LogP contribution is -2.39. The zero-order chi connectivity index (χ0) is 19.9. The summed E-state index contributed by atoms with van der Waals surface area (Å²) in [4.78, 5) is 26.3. The number of ether oxygens (including phenoxy) is 1. The van der Waals surface area contributed by atoms with Gasteiger partial charge in [0.25, 0.3) is 5.91 Å². The third-order valence-electron chi connectivity index (χ3n) is 4.08. The van der Waals surface area contributed by atoms with Crippen molar-refractivity contribution >= 4 is 40.3 Å². The number of nitrogens with zero attached hydrogens (tertiary/aromatic N) is 1. The predicted molar refractivity (Wildman–Crippen MR) is 113 cm³/mol. The molecule has 28 heavy (non-hydrogen) atoms. The third-order valence-corrected chi connectivity index (χ3v) is 4.76. The summed E-state index contributed by atoms with van der Waals surface area (Å²) in [5.41, 5.74) is 3.14. The van der Waals surface area contributed by atoms with Crippen molar-refractivity contribution in [2.75, 3.05) is 16.8 Å². The van der Waals surface area contributed by atoms with E-state index >= 15 is 0 Å². The van der Waals surface area contributed by atoms with Crippen molar-refractivity contribution < 1.29 is 14.3 Å². The quantitative estimate of drug-likeness (QED) is 0.567. The zero-order valence-electron chi connectivity index (χ0n) is 15.8. The second-order valence-corrected chi connectivity index (χ2v) is 7.26. The molecule has 0 saturated heterocycles. The van der Waals surface area contributed by atoms with E-state index < -0.39 is 5.97 Å². The Morgan fingerprint density at radius 1 is 1.00 bits per heavy atom. The van der Waals surface area contributed by atoms with Gasteiger partial charge in [-0.15, -0.1) is 0 Å². The van der Waals surface area contributed by atoms with Gasteiger partial charge >= 0.3 is 5.97 Å². The van der Waals surface area contributed by atoms with Gasteiger partial charge in [0.15, 0.2) is 6.61 Å². The minimum atomic E-state index is -0.485. The lowest BCUT2D eigenvalue weighted by atomic mass is 10.2. The number of nitrogens with one attached hydrogen (secondary N) is 1. The molecule has 0 aliphatic heterocycles. The minimum Gasteiger partial charge on any atom is -0.452 e. The molecule has 0 radical (unpaired) electrons. The Kier molecular flexibility index (Phi) is 6.45. The molecule has 1 amide bonds. The highest BCUT2D eigenvalue weighted by atomic mass is 32.1. The molecule has 144 valence electrons. The topological polar surface area (TPSA) is 58.6 Å². The van der Waals surface area contributed by atoms with E-state index in [-0.39, 0.29) is 18.6 Å². The summed E-state index contributed by atoms with van der Waals surface area (Å²) in [5.74, 6) is -0.747. The first-order chi connectivity index (χ1) is 13.5. The van der Waals surface area contributed by atoms with Crippen LogP contribution in [0.3, 0.4) is 0 Å². The molecule has 0 fully saturated rings. The van der Waals surface area contributed by atoms with E-state index in [0.717, 1.165) is 17.1 Å². The van der Waals surface area contributed by atoms with E-state index in [4.69, 9.17) is 4.74 Å². The molecule has 0 aliphatic carbocycles. The molecular weight excluding hydrogens is 372 g/mol. The highest BCUT2D eigenvalue weighted by molar-refractivity contribution is 7.08. The summed E-state index contributed by atoms with van der Waals surface area (Å²) in [6.45, 7) is 3.56. The first-order valence-electron chi connectivity index (χ1n) is 8.98. The van der Waals surface area contributed by atoms with Crippen molar-refractivity contribution in [2.24, 2.45) is 0 Å². The van der Waals surface area contributed by atoms with Gasteiger partial charge in [-0.25, -0.2) is 4.79 Å². The van der Waals surface area contributed by atoms with Crippen LogP contribution < -0.4 is 10.2 Å². The van der Waals surface area contributed by atoms with Gasteiger partial charge in [-0.1, -0.05) is 18.2 Å². The number of carbonyl (C=O) groups excluding carboxylic acids is 2. The van der Waals surface area contributed by atoms with Crippen molar-refractivity contribution in [1.29, 1.82) is 0 Å². The average Bonchev–Trinajstić information content (AvgIpc) is 3.23. The second kappa shape index (κ2) is 9.19. The fraction of sp³-hybridized carbons (Fsp3) is 0.182. The first kappa shape index (κ1) is 19.6. The Hall–Kier alpha value is -3.12. The van der Waals surface area contributed by atoms with Gasteiger partial charge in [0.2, 0.25) is 0 Å². The number of esters is 1. The molecule has 0 bridgehead atoms. The van der Waals surface area contributed by atoms with E-state index in [0.29, 0.717) is 5.56 Å². The number of thiophene rings is 1. The highest BCUT2D eigenvalue weighted by Crippen LogP contribution is 2.23. The van der Waals surface area contributed by atoms with Crippen molar-refractivity contribution in [1.82, 2.24) is 0 Å². The molecule has 3 aromatic rings. The summed E-state index contributed by atoms with van der Waals surface area (Å²) >= 11 is 1.41. The second-order valence-electron chi connectivity index (χ2n) is 6.48. The average molecular weight is 394 g/mol. The van der Waals surface area contributed by atoms with Crippen molar-refractivity contribution in [3.63, 3.8) is 0 Å². The molecule has 0 spiro atoms. The van der Waals surface area contributed by atoms with Crippen LogP contribution in [-0.2, 0) is 9.53 Å². The predicted octanol–water partition coefficient (Wildman–Crippen LogP) is 5.09. The Bertz CT molecular complexity index is 907. The highest BCUT2D eigenvalue weighted by Gasteiger charge is 2.21. The van der Waals surface area contributed by atoms with Crippen molar-refractivity contribution in [2.45, 2.75) is 19.9 Å². The Balaban J connectivity index is 1.65. The smallest absolute Gasteiger partial charge is 0.339 e. The standard InChI is InChI=1S/C22H22N2O3S/c1-16(2)24(21(25)14-27-22(26)17-12-13-28-15-17)20-10-8-19(9-11-20)23-18-6-4-3-5-7-18/h3-13,15-16,23H,14H2,1-2H3. The number of carbonyl (C=O) groups is 2. The maximum Gasteiger partial charge on any atom is 0.339 e. The lowest BCUT2D eigenvalue weighted by Gasteiger charge is -2.27. The molecule has 1 heterocycles. The van der Waals surface area contributed by atoms with Gasteiger partial charge in [0.1, 0.15) is 0 Å². The Morgan fingerprint density at radius 3 is 2.29 bits per heavy atom. The van der Waals surface area contributed by atoms with Crippen LogP contribution in [0.5, 0.6) is 0 Å². The lowest BCUT2D eigenvalue weighted by molar-refractivity contribution is -0.122. The molecule has 3 rings (SSSR count). The molecule has 5 nitrogen and oxygen atoms in total. The monoisotopic (exact) mass is 394 g/mol. The number of rotatable bonds is 7. The Morgan fingerprint density at radius 2 is 1.68 bits per heavy atom. The molecule has 1 aromatic heterocycles. The Labute approximate surface area is 168 Å². The number of hydrogen-bond acceptors (Lipinski definition) is 5. The molecular formula is C22H22N2O3S. The summed E-state index contributed by atoms with van der Waals surface area (Å²) in [5, 5.41) is 6.81. The number of para-hydroxylation sites is 1. The summed E-state index contributed by atoms with van der Waals surface area (Å²) in [7, 11) is 0.